The van der Waals surface area contributed by atoms with Crippen molar-refractivity contribution in [3.8, 4) is 0 Å². The van der Waals surface area contributed by atoms with Crippen molar-refractivity contribution in [3.05, 3.63) is 70.1 Å². The number of aromatic nitrogens is 1. The minimum absolute atomic E-state index is 0.0219. The fourth-order valence-electron chi connectivity index (χ4n) is 2.11. The van der Waals surface area contributed by atoms with Crippen molar-refractivity contribution in [2.45, 2.75) is 12.2 Å². The summed E-state index contributed by atoms with van der Waals surface area (Å²) in [6.45, 7) is 0. The monoisotopic (exact) mass is 314 g/mol. The molecule has 0 radical (unpaired) electrons. The summed E-state index contributed by atoms with van der Waals surface area (Å²) in [7, 11) is 0. The van der Waals surface area contributed by atoms with Crippen LogP contribution in [0.4, 0.5) is 5.69 Å². The SMILES string of the molecule is O=[N+]([O-])c1ccc2nc(CCSCc3ccccc3)oc2c1. The maximum atomic E-state index is 10.7. The molecule has 0 aliphatic heterocycles. The highest BCUT2D eigenvalue weighted by atomic mass is 32.2. The molecule has 2 aromatic carbocycles. The zero-order valence-electron chi connectivity index (χ0n) is 11.8. The van der Waals surface area contributed by atoms with Crippen LogP contribution in [0.1, 0.15) is 11.5 Å². The number of hydrogen-bond donors (Lipinski definition) is 0. The highest BCUT2D eigenvalue weighted by molar-refractivity contribution is 7.98. The quantitative estimate of drug-likeness (QED) is 0.387. The third-order valence-electron chi connectivity index (χ3n) is 3.20. The lowest BCUT2D eigenvalue weighted by Crippen LogP contribution is -1.89. The summed E-state index contributed by atoms with van der Waals surface area (Å²) in [4.78, 5) is 14.7. The molecule has 0 unspecified atom stereocenters. The van der Waals surface area contributed by atoms with Gasteiger partial charge in [0.25, 0.3) is 5.69 Å². The highest BCUT2D eigenvalue weighted by Gasteiger charge is 2.11. The van der Waals surface area contributed by atoms with E-state index in [-0.39, 0.29) is 5.69 Å². The van der Waals surface area contributed by atoms with E-state index < -0.39 is 4.92 Å². The highest BCUT2D eigenvalue weighted by Crippen LogP contribution is 2.22. The largest absolute Gasteiger partial charge is 0.440 e. The molecule has 0 amide bonds. The van der Waals surface area contributed by atoms with Crippen LogP contribution < -0.4 is 0 Å². The van der Waals surface area contributed by atoms with Crippen LogP contribution in [-0.2, 0) is 12.2 Å². The molecule has 0 spiro atoms. The molecule has 0 aliphatic carbocycles. The van der Waals surface area contributed by atoms with Gasteiger partial charge in [-0.2, -0.15) is 11.8 Å². The Morgan fingerprint density at radius 3 is 2.77 bits per heavy atom. The summed E-state index contributed by atoms with van der Waals surface area (Å²) in [5.74, 6) is 2.46. The lowest BCUT2D eigenvalue weighted by molar-refractivity contribution is -0.384. The van der Waals surface area contributed by atoms with Crippen LogP contribution in [0.25, 0.3) is 11.1 Å². The van der Waals surface area contributed by atoms with Crippen molar-refractivity contribution >= 4 is 28.5 Å². The van der Waals surface area contributed by atoms with Gasteiger partial charge < -0.3 is 4.42 Å². The number of fused-ring (bicyclic) bond motifs is 1. The number of nitrogens with zero attached hydrogens (tertiary/aromatic N) is 2. The molecular formula is C16H14N2O3S. The predicted octanol–water partition coefficient (Wildman–Crippen LogP) is 4.21. The first-order valence-corrected chi connectivity index (χ1v) is 8.03. The van der Waals surface area contributed by atoms with Gasteiger partial charge >= 0.3 is 0 Å². The van der Waals surface area contributed by atoms with Crippen molar-refractivity contribution < 1.29 is 9.34 Å². The molecule has 5 nitrogen and oxygen atoms in total. The zero-order valence-corrected chi connectivity index (χ0v) is 12.6. The number of non-ortho nitro benzene ring substituents is 1. The summed E-state index contributed by atoms with van der Waals surface area (Å²) in [5, 5.41) is 10.7. The van der Waals surface area contributed by atoms with Crippen molar-refractivity contribution in [2.24, 2.45) is 0 Å². The normalized spacial score (nSPS) is 10.9. The van der Waals surface area contributed by atoms with E-state index in [4.69, 9.17) is 4.42 Å². The number of hydrogen-bond acceptors (Lipinski definition) is 5. The van der Waals surface area contributed by atoms with Crippen LogP contribution in [0.5, 0.6) is 0 Å². The van der Waals surface area contributed by atoms with Gasteiger partial charge in [0.05, 0.1) is 11.0 Å². The van der Waals surface area contributed by atoms with Crippen LogP contribution in [0.15, 0.2) is 52.9 Å². The molecule has 3 rings (SSSR count). The molecule has 3 aromatic rings. The van der Waals surface area contributed by atoms with E-state index in [2.05, 4.69) is 17.1 Å². The maximum absolute atomic E-state index is 10.7. The average molecular weight is 314 g/mol. The van der Waals surface area contributed by atoms with E-state index in [0.717, 1.165) is 11.5 Å². The second-order valence-corrected chi connectivity index (χ2v) is 5.91. The Balaban J connectivity index is 1.58. The molecule has 0 N–H and O–H groups in total. The van der Waals surface area contributed by atoms with E-state index >= 15 is 0 Å². The van der Waals surface area contributed by atoms with Crippen LogP contribution in [0, 0.1) is 10.1 Å². The first-order chi connectivity index (χ1) is 10.7. The lowest BCUT2D eigenvalue weighted by atomic mass is 10.2. The van der Waals surface area contributed by atoms with E-state index in [1.807, 2.05) is 30.0 Å². The summed E-state index contributed by atoms with van der Waals surface area (Å²) >= 11 is 1.81. The number of aryl methyl sites for hydroxylation is 1. The number of thioether (sulfide) groups is 1. The molecule has 0 fully saturated rings. The molecular weight excluding hydrogens is 300 g/mol. The molecule has 6 heteroatoms. The number of rotatable bonds is 6. The smallest absolute Gasteiger partial charge is 0.273 e. The van der Waals surface area contributed by atoms with E-state index in [9.17, 15) is 10.1 Å². The second kappa shape index (κ2) is 6.62. The van der Waals surface area contributed by atoms with E-state index in [0.29, 0.717) is 23.4 Å². The van der Waals surface area contributed by atoms with E-state index in [1.165, 1.54) is 17.7 Å². The molecule has 1 heterocycles. The summed E-state index contributed by atoms with van der Waals surface area (Å²) in [6.07, 6.45) is 0.708. The number of nitro groups is 1. The molecule has 112 valence electrons. The van der Waals surface area contributed by atoms with E-state index in [1.54, 1.807) is 6.07 Å². The summed E-state index contributed by atoms with van der Waals surface area (Å²) < 4.78 is 5.58. The predicted molar refractivity (Wildman–Crippen MR) is 87.0 cm³/mol. The fraction of sp³-hybridized carbons (Fsp3) is 0.188. The Morgan fingerprint density at radius 2 is 2.00 bits per heavy atom. The second-order valence-electron chi connectivity index (χ2n) is 4.80. The number of oxazole rings is 1. The Kier molecular flexibility index (Phi) is 4.39. The first-order valence-electron chi connectivity index (χ1n) is 6.88. The van der Waals surface area contributed by atoms with Gasteiger partial charge in [0, 0.05) is 24.0 Å². The zero-order chi connectivity index (χ0) is 15.4. The van der Waals surface area contributed by atoms with Gasteiger partial charge in [-0.15, -0.1) is 0 Å². The summed E-state index contributed by atoms with van der Waals surface area (Å²) in [5.41, 5.74) is 2.44. The van der Waals surface area contributed by atoms with Crippen LogP contribution in [0.3, 0.4) is 0 Å². The van der Waals surface area contributed by atoms with Crippen molar-refractivity contribution in [1.82, 2.24) is 4.98 Å². The average Bonchev–Trinajstić information content (AvgIpc) is 2.94. The topological polar surface area (TPSA) is 69.2 Å². The first kappa shape index (κ1) is 14.6. The molecule has 1 aromatic heterocycles. The van der Waals surface area contributed by atoms with Gasteiger partial charge in [0.15, 0.2) is 11.5 Å². The Labute approximate surface area is 131 Å². The van der Waals surface area contributed by atoms with Crippen LogP contribution >= 0.6 is 11.8 Å². The Morgan fingerprint density at radius 1 is 1.18 bits per heavy atom. The summed E-state index contributed by atoms with van der Waals surface area (Å²) in [6, 6.07) is 14.8. The fourth-order valence-corrected chi connectivity index (χ4v) is 3.00. The Bertz CT molecular complexity index is 786. The van der Waals surface area contributed by atoms with Gasteiger partial charge in [-0.3, -0.25) is 10.1 Å². The third kappa shape index (κ3) is 3.46. The molecule has 0 atom stereocenters. The minimum Gasteiger partial charge on any atom is -0.440 e. The molecule has 0 saturated heterocycles. The van der Waals surface area contributed by atoms with Crippen molar-refractivity contribution in [1.29, 1.82) is 0 Å². The van der Waals surface area contributed by atoms with Crippen molar-refractivity contribution in [2.75, 3.05) is 5.75 Å². The van der Waals surface area contributed by atoms with Gasteiger partial charge in [-0.1, -0.05) is 30.3 Å². The molecule has 22 heavy (non-hydrogen) atoms. The third-order valence-corrected chi connectivity index (χ3v) is 4.23. The standard InChI is InChI=1S/C16H14N2O3S/c19-18(20)13-6-7-14-15(10-13)21-16(17-14)8-9-22-11-12-4-2-1-3-5-12/h1-7,10H,8-9,11H2. The van der Waals surface area contributed by atoms with Gasteiger partial charge in [-0.25, -0.2) is 4.98 Å². The van der Waals surface area contributed by atoms with Gasteiger partial charge in [0.2, 0.25) is 0 Å². The van der Waals surface area contributed by atoms with Crippen LogP contribution in [-0.4, -0.2) is 15.7 Å². The number of nitro benzene ring substituents is 1. The molecule has 0 saturated carbocycles. The van der Waals surface area contributed by atoms with Crippen LogP contribution in [0.2, 0.25) is 0 Å². The molecule has 0 bridgehead atoms. The van der Waals surface area contributed by atoms with Gasteiger partial charge in [-0.05, 0) is 11.6 Å². The maximum Gasteiger partial charge on any atom is 0.273 e. The lowest BCUT2D eigenvalue weighted by Gasteiger charge is -1.99. The number of benzene rings is 2. The van der Waals surface area contributed by atoms with Gasteiger partial charge in [0.1, 0.15) is 5.52 Å². The van der Waals surface area contributed by atoms with Crippen molar-refractivity contribution in [3.63, 3.8) is 0 Å². The molecule has 0 aliphatic rings. The Hall–Kier alpha value is -2.34. The minimum atomic E-state index is -0.433.